The summed E-state index contributed by atoms with van der Waals surface area (Å²) >= 11 is 0. The average molecular weight is 244 g/mol. The molecule has 0 aliphatic carbocycles. The Labute approximate surface area is 106 Å². The Bertz CT molecular complexity index is 463. The van der Waals surface area contributed by atoms with Gasteiger partial charge in [-0.15, -0.1) is 0 Å². The molecular formula is C13H16N4O. The molecule has 94 valence electrons. The van der Waals surface area contributed by atoms with Crippen molar-refractivity contribution in [1.29, 1.82) is 5.26 Å². The van der Waals surface area contributed by atoms with E-state index in [4.69, 9.17) is 11.0 Å². The Kier molecular flexibility index (Phi) is 3.92. The van der Waals surface area contributed by atoms with E-state index in [-0.39, 0.29) is 11.9 Å². The second-order valence-corrected chi connectivity index (χ2v) is 4.52. The van der Waals surface area contributed by atoms with Crippen molar-refractivity contribution in [2.24, 2.45) is 5.73 Å². The highest BCUT2D eigenvalue weighted by molar-refractivity contribution is 5.92. The van der Waals surface area contributed by atoms with Gasteiger partial charge in [0, 0.05) is 24.8 Å². The number of nitrogens with one attached hydrogen (secondary N) is 1. The van der Waals surface area contributed by atoms with Crippen molar-refractivity contribution in [3.05, 3.63) is 29.8 Å². The van der Waals surface area contributed by atoms with E-state index < -0.39 is 0 Å². The third kappa shape index (κ3) is 3.29. The molecule has 0 radical (unpaired) electrons. The first kappa shape index (κ1) is 12.6. The Hall–Kier alpha value is -1.90. The van der Waals surface area contributed by atoms with Gasteiger partial charge in [-0.05, 0) is 30.7 Å². The highest BCUT2D eigenvalue weighted by Gasteiger charge is 2.20. The minimum absolute atomic E-state index is 0.0474. The van der Waals surface area contributed by atoms with Gasteiger partial charge in [-0.2, -0.15) is 5.26 Å². The summed E-state index contributed by atoms with van der Waals surface area (Å²) in [6.07, 6.45) is 0.949. The molecule has 1 aliphatic rings. The van der Waals surface area contributed by atoms with Gasteiger partial charge in [0.05, 0.1) is 18.2 Å². The van der Waals surface area contributed by atoms with Crippen molar-refractivity contribution in [2.45, 2.75) is 12.5 Å². The fourth-order valence-corrected chi connectivity index (χ4v) is 2.04. The molecule has 0 spiro atoms. The summed E-state index contributed by atoms with van der Waals surface area (Å²) in [5.74, 6) is -0.0474. The molecule has 1 atom stereocenters. The minimum Gasteiger partial charge on any atom is -0.326 e. The van der Waals surface area contributed by atoms with E-state index in [9.17, 15) is 4.79 Å². The van der Waals surface area contributed by atoms with Crippen LogP contribution in [0, 0.1) is 11.3 Å². The van der Waals surface area contributed by atoms with Gasteiger partial charge >= 0.3 is 0 Å². The van der Waals surface area contributed by atoms with E-state index in [1.54, 1.807) is 24.3 Å². The van der Waals surface area contributed by atoms with Crippen LogP contribution in [0.15, 0.2) is 24.3 Å². The summed E-state index contributed by atoms with van der Waals surface area (Å²) in [7, 11) is 0. The van der Waals surface area contributed by atoms with E-state index in [0.29, 0.717) is 17.8 Å². The Morgan fingerprint density at radius 3 is 2.78 bits per heavy atom. The van der Waals surface area contributed by atoms with Crippen LogP contribution in [0.2, 0.25) is 0 Å². The van der Waals surface area contributed by atoms with Gasteiger partial charge in [-0.1, -0.05) is 0 Å². The second-order valence-electron chi connectivity index (χ2n) is 4.52. The van der Waals surface area contributed by atoms with Crippen LogP contribution in [-0.2, 0) is 4.79 Å². The van der Waals surface area contributed by atoms with Crippen LogP contribution in [0.25, 0.3) is 0 Å². The van der Waals surface area contributed by atoms with Gasteiger partial charge < -0.3 is 11.1 Å². The van der Waals surface area contributed by atoms with Crippen LogP contribution >= 0.6 is 0 Å². The number of nitrogens with two attached hydrogens (primary N) is 1. The lowest BCUT2D eigenvalue weighted by Gasteiger charge is -2.14. The second kappa shape index (κ2) is 5.63. The van der Waals surface area contributed by atoms with Crippen molar-refractivity contribution in [2.75, 3.05) is 25.0 Å². The Balaban J connectivity index is 1.85. The van der Waals surface area contributed by atoms with Crippen molar-refractivity contribution < 1.29 is 4.79 Å². The van der Waals surface area contributed by atoms with Crippen molar-refractivity contribution >= 4 is 11.6 Å². The Morgan fingerprint density at radius 1 is 1.50 bits per heavy atom. The predicted molar refractivity (Wildman–Crippen MR) is 68.8 cm³/mol. The lowest BCUT2D eigenvalue weighted by molar-refractivity contribution is -0.117. The summed E-state index contributed by atoms with van der Waals surface area (Å²) in [4.78, 5) is 13.8. The number of amides is 1. The zero-order chi connectivity index (χ0) is 13.0. The zero-order valence-electron chi connectivity index (χ0n) is 10.1. The molecule has 2 rings (SSSR count). The zero-order valence-corrected chi connectivity index (χ0v) is 10.1. The monoisotopic (exact) mass is 244 g/mol. The largest absolute Gasteiger partial charge is 0.326 e. The fourth-order valence-electron chi connectivity index (χ4n) is 2.04. The highest BCUT2D eigenvalue weighted by Crippen LogP contribution is 2.10. The molecule has 1 aliphatic heterocycles. The molecule has 1 aromatic rings. The summed E-state index contributed by atoms with van der Waals surface area (Å²) in [6, 6.07) is 9.04. The summed E-state index contributed by atoms with van der Waals surface area (Å²) in [5, 5.41) is 11.5. The smallest absolute Gasteiger partial charge is 0.238 e. The SMILES string of the molecule is N#Cc1ccc(NC(=O)CN2CCC(N)C2)cc1. The first-order valence-electron chi connectivity index (χ1n) is 5.95. The number of likely N-dealkylation sites (tertiary alicyclic amines) is 1. The van der Waals surface area contributed by atoms with Crippen molar-refractivity contribution in [3.8, 4) is 6.07 Å². The number of nitrogens with zero attached hydrogens (tertiary/aromatic N) is 2. The molecule has 1 aromatic carbocycles. The maximum atomic E-state index is 11.8. The first-order chi connectivity index (χ1) is 8.67. The van der Waals surface area contributed by atoms with Crippen LogP contribution in [0.1, 0.15) is 12.0 Å². The van der Waals surface area contributed by atoms with E-state index in [1.807, 2.05) is 11.0 Å². The fraction of sp³-hybridized carbons (Fsp3) is 0.385. The maximum absolute atomic E-state index is 11.8. The van der Waals surface area contributed by atoms with Crippen molar-refractivity contribution in [1.82, 2.24) is 4.90 Å². The van der Waals surface area contributed by atoms with E-state index in [0.717, 1.165) is 19.5 Å². The topological polar surface area (TPSA) is 82.2 Å². The van der Waals surface area contributed by atoms with Gasteiger partial charge in [0.25, 0.3) is 0 Å². The molecule has 0 aromatic heterocycles. The van der Waals surface area contributed by atoms with Gasteiger partial charge in [0.2, 0.25) is 5.91 Å². The summed E-state index contributed by atoms with van der Waals surface area (Å²) in [6.45, 7) is 2.02. The summed E-state index contributed by atoms with van der Waals surface area (Å²) < 4.78 is 0. The number of carbonyl (C=O) groups is 1. The van der Waals surface area contributed by atoms with Gasteiger partial charge in [-0.3, -0.25) is 9.69 Å². The number of benzene rings is 1. The lowest BCUT2D eigenvalue weighted by atomic mass is 10.2. The number of carbonyl (C=O) groups excluding carboxylic acids is 1. The quantitative estimate of drug-likeness (QED) is 0.812. The standard InChI is InChI=1S/C13H16N4O/c14-7-10-1-3-12(4-2-10)16-13(18)9-17-6-5-11(15)8-17/h1-4,11H,5-6,8-9,15H2,(H,16,18). The normalized spacial score (nSPS) is 19.4. The molecule has 5 heteroatoms. The van der Waals surface area contributed by atoms with E-state index in [1.165, 1.54) is 0 Å². The minimum atomic E-state index is -0.0474. The highest BCUT2D eigenvalue weighted by atomic mass is 16.2. The van der Waals surface area contributed by atoms with E-state index in [2.05, 4.69) is 5.32 Å². The third-order valence-corrected chi connectivity index (χ3v) is 2.97. The van der Waals surface area contributed by atoms with E-state index >= 15 is 0 Å². The average Bonchev–Trinajstić information content (AvgIpc) is 2.75. The molecule has 3 N–H and O–H groups in total. The van der Waals surface area contributed by atoms with Crippen LogP contribution in [0.4, 0.5) is 5.69 Å². The summed E-state index contributed by atoms with van der Waals surface area (Å²) in [5.41, 5.74) is 7.07. The molecule has 1 fully saturated rings. The first-order valence-corrected chi connectivity index (χ1v) is 5.95. The molecule has 1 heterocycles. The van der Waals surface area contributed by atoms with Crippen molar-refractivity contribution in [3.63, 3.8) is 0 Å². The third-order valence-electron chi connectivity index (χ3n) is 2.97. The maximum Gasteiger partial charge on any atom is 0.238 e. The molecule has 1 saturated heterocycles. The van der Waals surface area contributed by atoms with Gasteiger partial charge in [0.15, 0.2) is 0 Å². The van der Waals surface area contributed by atoms with Crippen LogP contribution in [-0.4, -0.2) is 36.5 Å². The number of anilines is 1. The van der Waals surface area contributed by atoms with Crippen LogP contribution in [0.3, 0.4) is 0 Å². The molecule has 1 unspecified atom stereocenters. The predicted octanol–water partition coefficient (Wildman–Crippen LogP) is 0.530. The molecule has 1 amide bonds. The molecule has 0 bridgehead atoms. The lowest BCUT2D eigenvalue weighted by Crippen LogP contribution is -2.33. The van der Waals surface area contributed by atoms with Gasteiger partial charge in [0.1, 0.15) is 0 Å². The number of rotatable bonds is 3. The molecule has 18 heavy (non-hydrogen) atoms. The Morgan fingerprint density at radius 2 is 2.22 bits per heavy atom. The number of nitriles is 1. The number of hydrogen-bond acceptors (Lipinski definition) is 4. The number of hydrogen-bond donors (Lipinski definition) is 2. The van der Waals surface area contributed by atoms with Crippen LogP contribution in [0.5, 0.6) is 0 Å². The molecular weight excluding hydrogens is 228 g/mol. The molecule has 0 saturated carbocycles. The van der Waals surface area contributed by atoms with Crippen LogP contribution < -0.4 is 11.1 Å². The molecule has 5 nitrogen and oxygen atoms in total. The van der Waals surface area contributed by atoms with Gasteiger partial charge in [-0.25, -0.2) is 0 Å².